The van der Waals surface area contributed by atoms with E-state index in [9.17, 15) is 13.2 Å². The summed E-state index contributed by atoms with van der Waals surface area (Å²) in [6.07, 6.45) is -4.45. The molecule has 0 saturated carbocycles. The summed E-state index contributed by atoms with van der Waals surface area (Å²) in [6.45, 7) is 0. The van der Waals surface area contributed by atoms with Crippen molar-refractivity contribution in [3.05, 3.63) is 54.1 Å². The molecular weight excluding hydrogens is 291 g/mol. The van der Waals surface area contributed by atoms with Gasteiger partial charge in [-0.3, -0.25) is 0 Å². The van der Waals surface area contributed by atoms with Crippen molar-refractivity contribution in [3.8, 4) is 11.4 Å². The molecule has 0 saturated heterocycles. The number of para-hydroxylation sites is 1. The fraction of sp³-hybridized carbons (Fsp3) is 0.125. The van der Waals surface area contributed by atoms with E-state index in [0.29, 0.717) is 11.3 Å². The zero-order chi connectivity index (χ0) is 15.7. The van der Waals surface area contributed by atoms with Gasteiger partial charge in [-0.1, -0.05) is 30.3 Å². The predicted octanol–water partition coefficient (Wildman–Crippen LogP) is 4.36. The minimum Gasteiger partial charge on any atom is -0.373 e. The summed E-state index contributed by atoms with van der Waals surface area (Å²) >= 11 is 0. The number of aromatic nitrogens is 2. The van der Waals surface area contributed by atoms with Crippen LogP contribution in [0.4, 0.5) is 19.0 Å². The maximum absolute atomic E-state index is 13.2. The second kappa shape index (κ2) is 5.29. The van der Waals surface area contributed by atoms with Gasteiger partial charge in [0.15, 0.2) is 5.82 Å². The Bertz CT molecular complexity index is 828. The molecule has 0 fully saturated rings. The molecule has 112 valence electrons. The third kappa shape index (κ3) is 2.47. The molecule has 1 aromatic heterocycles. The number of hydrogen-bond acceptors (Lipinski definition) is 3. The minimum atomic E-state index is -4.45. The van der Waals surface area contributed by atoms with E-state index >= 15 is 0 Å². The molecule has 3 nitrogen and oxygen atoms in total. The van der Waals surface area contributed by atoms with Gasteiger partial charge in [-0.2, -0.15) is 13.2 Å². The fourth-order valence-corrected chi connectivity index (χ4v) is 2.31. The highest BCUT2D eigenvalue weighted by Crippen LogP contribution is 2.36. The molecule has 0 aliphatic carbocycles. The number of hydrogen-bond donors (Lipinski definition) is 1. The highest BCUT2D eigenvalue weighted by molar-refractivity contribution is 5.90. The van der Waals surface area contributed by atoms with Crippen molar-refractivity contribution in [1.29, 1.82) is 0 Å². The Hall–Kier alpha value is -2.63. The van der Waals surface area contributed by atoms with Crippen LogP contribution in [-0.2, 0) is 6.18 Å². The van der Waals surface area contributed by atoms with Crippen molar-refractivity contribution in [2.75, 3.05) is 12.4 Å². The standard InChI is InChI=1S/C16H12F3N3/c1-20-14-11-7-3-5-9-13(11)21-15(22-14)10-6-2-4-8-12(10)16(17,18)19/h2-9H,1H3,(H,20,21,22). The third-order valence-electron chi connectivity index (χ3n) is 3.31. The van der Waals surface area contributed by atoms with E-state index in [0.717, 1.165) is 11.5 Å². The lowest BCUT2D eigenvalue weighted by Gasteiger charge is -2.13. The first kappa shape index (κ1) is 14.3. The van der Waals surface area contributed by atoms with Crippen LogP contribution in [0.2, 0.25) is 0 Å². The Morgan fingerprint density at radius 1 is 0.909 bits per heavy atom. The van der Waals surface area contributed by atoms with Crippen LogP contribution in [0.3, 0.4) is 0 Å². The van der Waals surface area contributed by atoms with Crippen LogP contribution in [-0.4, -0.2) is 17.0 Å². The molecular formula is C16H12F3N3. The first-order valence-electron chi connectivity index (χ1n) is 6.62. The SMILES string of the molecule is CNc1nc(-c2ccccc2C(F)(F)F)nc2ccccc12. The Kier molecular flexibility index (Phi) is 3.44. The zero-order valence-electron chi connectivity index (χ0n) is 11.6. The zero-order valence-corrected chi connectivity index (χ0v) is 11.6. The summed E-state index contributed by atoms with van der Waals surface area (Å²) in [6, 6.07) is 12.5. The quantitative estimate of drug-likeness (QED) is 0.764. The molecule has 1 N–H and O–H groups in total. The lowest BCUT2D eigenvalue weighted by atomic mass is 10.1. The van der Waals surface area contributed by atoms with Crippen molar-refractivity contribution in [1.82, 2.24) is 9.97 Å². The molecule has 6 heteroatoms. The van der Waals surface area contributed by atoms with Crippen molar-refractivity contribution in [2.45, 2.75) is 6.18 Å². The lowest BCUT2D eigenvalue weighted by Crippen LogP contribution is -2.08. The van der Waals surface area contributed by atoms with Gasteiger partial charge in [-0.05, 0) is 18.2 Å². The number of benzene rings is 2. The molecule has 0 bridgehead atoms. The number of nitrogens with one attached hydrogen (secondary N) is 1. The van der Waals surface area contributed by atoms with E-state index < -0.39 is 11.7 Å². The number of nitrogens with zero attached hydrogens (tertiary/aromatic N) is 2. The van der Waals surface area contributed by atoms with Gasteiger partial charge in [0, 0.05) is 18.0 Å². The van der Waals surface area contributed by atoms with Crippen LogP contribution in [0.15, 0.2) is 48.5 Å². The Morgan fingerprint density at radius 2 is 1.59 bits per heavy atom. The molecule has 0 atom stereocenters. The molecule has 3 aromatic rings. The van der Waals surface area contributed by atoms with E-state index in [1.807, 2.05) is 12.1 Å². The summed E-state index contributed by atoms with van der Waals surface area (Å²) in [5, 5.41) is 3.67. The Morgan fingerprint density at radius 3 is 2.32 bits per heavy atom. The monoisotopic (exact) mass is 303 g/mol. The van der Waals surface area contributed by atoms with Gasteiger partial charge in [0.05, 0.1) is 11.1 Å². The van der Waals surface area contributed by atoms with Gasteiger partial charge >= 0.3 is 6.18 Å². The van der Waals surface area contributed by atoms with Gasteiger partial charge in [0.25, 0.3) is 0 Å². The second-order valence-electron chi connectivity index (χ2n) is 4.71. The lowest BCUT2D eigenvalue weighted by molar-refractivity contribution is -0.137. The number of halogens is 3. The van der Waals surface area contributed by atoms with Gasteiger partial charge < -0.3 is 5.32 Å². The van der Waals surface area contributed by atoms with Crippen molar-refractivity contribution in [3.63, 3.8) is 0 Å². The Labute approximate surface area is 124 Å². The molecule has 0 spiro atoms. The second-order valence-corrected chi connectivity index (χ2v) is 4.71. The average Bonchev–Trinajstić information content (AvgIpc) is 2.53. The van der Waals surface area contributed by atoms with Gasteiger partial charge in [0.2, 0.25) is 0 Å². The third-order valence-corrected chi connectivity index (χ3v) is 3.31. The molecule has 0 amide bonds. The summed E-state index contributed by atoms with van der Waals surface area (Å²) in [5.41, 5.74) is -0.182. The highest BCUT2D eigenvalue weighted by Gasteiger charge is 2.34. The number of anilines is 1. The molecule has 0 radical (unpaired) electrons. The van der Waals surface area contributed by atoms with Gasteiger partial charge in [0.1, 0.15) is 5.82 Å². The van der Waals surface area contributed by atoms with E-state index in [1.54, 1.807) is 25.2 Å². The maximum atomic E-state index is 13.2. The maximum Gasteiger partial charge on any atom is 0.417 e. The fourth-order valence-electron chi connectivity index (χ4n) is 2.31. The minimum absolute atomic E-state index is 0.0303. The normalized spacial score (nSPS) is 11.6. The topological polar surface area (TPSA) is 37.8 Å². The number of fused-ring (bicyclic) bond motifs is 1. The van der Waals surface area contributed by atoms with Crippen LogP contribution in [0.5, 0.6) is 0 Å². The van der Waals surface area contributed by atoms with Crippen LogP contribution < -0.4 is 5.32 Å². The van der Waals surface area contributed by atoms with Gasteiger partial charge in [-0.25, -0.2) is 9.97 Å². The van der Waals surface area contributed by atoms with Crippen molar-refractivity contribution < 1.29 is 13.2 Å². The first-order valence-corrected chi connectivity index (χ1v) is 6.62. The number of alkyl halides is 3. The number of rotatable bonds is 2. The summed E-state index contributed by atoms with van der Waals surface area (Å²) in [5.74, 6) is 0.550. The molecule has 0 aliphatic rings. The predicted molar refractivity (Wildman–Crippen MR) is 79.5 cm³/mol. The van der Waals surface area contributed by atoms with E-state index in [2.05, 4.69) is 15.3 Å². The molecule has 22 heavy (non-hydrogen) atoms. The smallest absolute Gasteiger partial charge is 0.373 e. The largest absolute Gasteiger partial charge is 0.417 e. The summed E-state index contributed by atoms with van der Waals surface area (Å²) in [4.78, 5) is 8.52. The highest BCUT2D eigenvalue weighted by atomic mass is 19.4. The van der Waals surface area contributed by atoms with Crippen LogP contribution in [0.1, 0.15) is 5.56 Å². The molecule has 2 aromatic carbocycles. The summed E-state index contributed by atoms with van der Waals surface area (Å²) in [7, 11) is 1.67. The van der Waals surface area contributed by atoms with Crippen molar-refractivity contribution in [2.24, 2.45) is 0 Å². The molecule has 1 heterocycles. The van der Waals surface area contributed by atoms with E-state index in [4.69, 9.17) is 0 Å². The Balaban J connectivity index is 2.28. The average molecular weight is 303 g/mol. The van der Waals surface area contributed by atoms with Gasteiger partial charge in [-0.15, -0.1) is 0 Å². The van der Waals surface area contributed by atoms with E-state index in [-0.39, 0.29) is 11.4 Å². The first-order chi connectivity index (χ1) is 10.5. The van der Waals surface area contributed by atoms with E-state index in [1.165, 1.54) is 12.1 Å². The van der Waals surface area contributed by atoms with Crippen LogP contribution in [0, 0.1) is 0 Å². The van der Waals surface area contributed by atoms with Crippen LogP contribution in [0.25, 0.3) is 22.3 Å². The van der Waals surface area contributed by atoms with Crippen molar-refractivity contribution >= 4 is 16.7 Å². The molecule has 3 rings (SSSR count). The van der Waals surface area contributed by atoms with Crippen LogP contribution >= 0.6 is 0 Å². The molecule has 0 aliphatic heterocycles. The summed E-state index contributed by atoms with van der Waals surface area (Å²) < 4.78 is 39.5. The molecule has 0 unspecified atom stereocenters.